The molecule has 0 saturated carbocycles. The largest absolute Gasteiger partial charge is 0.507 e. The SMILES string of the molecule is CC(C)c1cc(C(=O)OCC(=O)N2CCN(S(=O)(=O)c3ccccc3)CC2)c(O)c(C(C)C)c1. The molecule has 0 bridgehead atoms. The molecule has 1 aliphatic heterocycles. The first-order chi connectivity index (χ1) is 16.0. The van der Waals surface area contributed by atoms with Crippen molar-refractivity contribution in [2.75, 3.05) is 32.8 Å². The van der Waals surface area contributed by atoms with Gasteiger partial charge in [-0.05, 0) is 41.2 Å². The molecular weight excluding hydrogens is 456 g/mol. The number of nitrogens with zero attached hydrogens (tertiary/aromatic N) is 2. The Balaban J connectivity index is 1.61. The molecule has 2 aromatic rings. The van der Waals surface area contributed by atoms with Gasteiger partial charge in [0.1, 0.15) is 11.3 Å². The van der Waals surface area contributed by atoms with Crippen LogP contribution in [0.25, 0.3) is 0 Å². The van der Waals surface area contributed by atoms with Crippen molar-refractivity contribution in [3.05, 3.63) is 59.2 Å². The normalized spacial score (nSPS) is 15.1. The van der Waals surface area contributed by atoms with Gasteiger partial charge in [0.2, 0.25) is 10.0 Å². The second-order valence-corrected chi connectivity index (χ2v) is 10.9. The van der Waals surface area contributed by atoms with Gasteiger partial charge in [-0.15, -0.1) is 0 Å². The molecule has 34 heavy (non-hydrogen) atoms. The molecule has 184 valence electrons. The molecule has 1 aliphatic rings. The summed E-state index contributed by atoms with van der Waals surface area (Å²) < 4.78 is 32.1. The standard InChI is InChI=1S/C25H32N2O6S/c1-17(2)19-14-21(18(3)4)24(29)22(15-19)25(30)33-16-23(28)26-10-12-27(13-11-26)34(31,32)20-8-6-5-7-9-20/h5-9,14-15,17-18,29H,10-13,16H2,1-4H3. The second kappa shape index (κ2) is 10.6. The van der Waals surface area contributed by atoms with Crippen LogP contribution in [0.4, 0.5) is 0 Å². The topological polar surface area (TPSA) is 104 Å². The molecular formula is C25H32N2O6S. The number of aromatic hydroxyl groups is 1. The van der Waals surface area contributed by atoms with Crippen LogP contribution in [0.5, 0.6) is 5.75 Å². The number of phenols is 1. The number of benzene rings is 2. The van der Waals surface area contributed by atoms with Gasteiger partial charge in [0.15, 0.2) is 6.61 Å². The zero-order valence-electron chi connectivity index (χ0n) is 20.0. The summed E-state index contributed by atoms with van der Waals surface area (Å²) in [5, 5.41) is 10.6. The molecule has 1 amide bonds. The second-order valence-electron chi connectivity index (χ2n) is 8.99. The van der Waals surface area contributed by atoms with Crippen molar-refractivity contribution >= 4 is 21.9 Å². The summed E-state index contributed by atoms with van der Waals surface area (Å²) in [6, 6.07) is 11.7. The Morgan fingerprint density at radius 1 is 0.971 bits per heavy atom. The monoisotopic (exact) mass is 488 g/mol. The number of hydrogen-bond acceptors (Lipinski definition) is 6. The number of amides is 1. The molecule has 8 nitrogen and oxygen atoms in total. The van der Waals surface area contributed by atoms with E-state index in [-0.39, 0.29) is 54.2 Å². The highest BCUT2D eigenvalue weighted by molar-refractivity contribution is 7.89. The summed E-state index contributed by atoms with van der Waals surface area (Å²) in [5.41, 5.74) is 1.59. The molecule has 9 heteroatoms. The van der Waals surface area contributed by atoms with E-state index in [0.717, 1.165) is 5.56 Å². The number of esters is 1. The Labute approximate surface area is 201 Å². The van der Waals surface area contributed by atoms with Crippen molar-refractivity contribution in [3.63, 3.8) is 0 Å². The van der Waals surface area contributed by atoms with Crippen LogP contribution in [-0.2, 0) is 19.6 Å². The fraction of sp³-hybridized carbons (Fsp3) is 0.440. The Hall–Kier alpha value is -2.91. The number of carbonyl (C=O) groups is 2. The van der Waals surface area contributed by atoms with Gasteiger partial charge >= 0.3 is 5.97 Å². The zero-order chi connectivity index (χ0) is 25.0. The highest BCUT2D eigenvalue weighted by Crippen LogP contribution is 2.33. The van der Waals surface area contributed by atoms with Gasteiger partial charge in [0, 0.05) is 26.2 Å². The van der Waals surface area contributed by atoms with Crippen LogP contribution < -0.4 is 0 Å². The number of piperazine rings is 1. The first-order valence-corrected chi connectivity index (χ1v) is 12.8. The van der Waals surface area contributed by atoms with Gasteiger partial charge < -0.3 is 14.7 Å². The van der Waals surface area contributed by atoms with E-state index in [1.807, 2.05) is 33.8 Å². The fourth-order valence-corrected chi connectivity index (χ4v) is 5.27. The third kappa shape index (κ3) is 5.59. The Morgan fingerprint density at radius 2 is 1.59 bits per heavy atom. The number of ether oxygens (including phenoxy) is 1. The molecule has 0 unspecified atom stereocenters. The van der Waals surface area contributed by atoms with Crippen LogP contribution in [0.15, 0.2) is 47.4 Å². The molecule has 0 radical (unpaired) electrons. The van der Waals surface area contributed by atoms with E-state index in [1.165, 1.54) is 9.21 Å². The van der Waals surface area contributed by atoms with E-state index in [9.17, 15) is 23.1 Å². The maximum absolute atomic E-state index is 12.7. The molecule has 0 aliphatic carbocycles. The lowest BCUT2D eigenvalue weighted by Gasteiger charge is -2.33. The van der Waals surface area contributed by atoms with E-state index in [1.54, 1.807) is 36.4 Å². The average molecular weight is 489 g/mol. The van der Waals surface area contributed by atoms with Crippen molar-refractivity contribution in [2.45, 2.75) is 44.4 Å². The molecule has 0 spiro atoms. The predicted octanol–water partition coefficient (Wildman–Crippen LogP) is 3.33. The minimum absolute atomic E-state index is 0.00958. The lowest BCUT2D eigenvalue weighted by Crippen LogP contribution is -2.51. The minimum Gasteiger partial charge on any atom is -0.507 e. The molecule has 3 rings (SSSR count). The van der Waals surface area contributed by atoms with Crippen LogP contribution in [-0.4, -0.2) is 67.4 Å². The maximum atomic E-state index is 12.7. The molecule has 1 saturated heterocycles. The van der Waals surface area contributed by atoms with E-state index >= 15 is 0 Å². The summed E-state index contributed by atoms with van der Waals surface area (Å²) in [5.74, 6) is -1.14. The van der Waals surface area contributed by atoms with Crippen LogP contribution in [0.1, 0.15) is 61.0 Å². The van der Waals surface area contributed by atoms with E-state index in [0.29, 0.717) is 5.56 Å². The van der Waals surface area contributed by atoms with Crippen molar-refractivity contribution in [3.8, 4) is 5.75 Å². The van der Waals surface area contributed by atoms with Crippen LogP contribution in [0.3, 0.4) is 0 Å². The highest BCUT2D eigenvalue weighted by Gasteiger charge is 2.30. The highest BCUT2D eigenvalue weighted by atomic mass is 32.2. The van der Waals surface area contributed by atoms with Gasteiger partial charge in [-0.2, -0.15) is 4.31 Å². The molecule has 0 aromatic heterocycles. The minimum atomic E-state index is -3.62. The first kappa shape index (κ1) is 25.7. The molecule has 2 aromatic carbocycles. The van der Waals surface area contributed by atoms with E-state index in [4.69, 9.17) is 4.74 Å². The number of rotatable bonds is 7. The Morgan fingerprint density at radius 3 is 2.15 bits per heavy atom. The quantitative estimate of drug-likeness (QED) is 0.600. The number of sulfonamides is 1. The average Bonchev–Trinajstić information content (AvgIpc) is 2.82. The van der Waals surface area contributed by atoms with Crippen molar-refractivity contribution < 1.29 is 27.9 Å². The van der Waals surface area contributed by atoms with Crippen molar-refractivity contribution in [1.82, 2.24) is 9.21 Å². The van der Waals surface area contributed by atoms with E-state index in [2.05, 4.69) is 0 Å². The lowest BCUT2D eigenvalue weighted by atomic mass is 9.92. The van der Waals surface area contributed by atoms with Crippen molar-refractivity contribution in [1.29, 1.82) is 0 Å². The van der Waals surface area contributed by atoms with Gasteiger partial charge in [-0.3, -0.25) is 4.79 Å². The van der Waals surface area contributed by atoms with Crippen molar-refractivity contribution in [2.24, 2.45) is 0 Å². The lowest BCUT2D eigenvalue weighted by molar-refractivity contribution is -0.135. The zero-order valence-corrected chi connectivity index (χ0v) is 20.8. The number of carbonyl (C=O) groups excluding carboxylic acids is 2. The van der Waals surface area contributed by atoms with Gasteiger partial charge in [-0.25, -0.2) is 13.2 Å². The molecule has 1 fully saturated rings. The maximum Gasteiger partial charge on any atom is 0.342 e. The Bertz CT molecular complexity index is 1140. The summed E-state index contributed by atoms with van der Waals surface area (Å²) in [6.45, 7) is 8.08. The van der Waals surface area contributed by atoms with E-state index < -0.39 is 28.5 Å². The van der Waals surface area contributed by atoms with Crippen LogP contribution in [0.2, 0.25) is 0 Å². The number of hydrogen-bond donors (Lipinski definition) is 1. The predicted molar refractivity (Wildman–Crippen MR) is 128 cm³/mol. The van der Waals surface area contributed by atoms with Crippen LogP contribution in [0, 0.1) is 0 Å². The smallest absolute Gasteiger partial charge is 0.342 e. The summed E-state index contributed by atoms with van der Waals surface area (Å²) >= 11 is 0. The first-order valence-electron chi connectivity index (χ1n) is 11.4. The summed E-state index contributed by atoms with van der Waals surface area (Å²) in [6.07, 6.45) is 0. The third-order valence-electron chi connectivity index (χ3n) is 5.97. The van der Waals surface area contributed by atoms with Gasteiger partial charge in [-0.1, -0.05) is 52.0 Å². The number of phenolic OH excluding ortho intramolecular Hbond substituents is 1. The summed E-state index contributed by atoms with van der Waals surface area (Å²) in [4.78, 5) is 27.0. The molecule has 1 N–H and O–H groups in total. The molecule has 1 heterocycles. The summed E-state index contributed by atoms with van der Waals surface area (Å²) in [7, 11) is -3.62. The third-order valence-corrected chi connectivity index (χ3v) is 7.88. The molecule has 0 atom stereocenters. The Kier molecular flexibility index (Phi) is 7.99. The van der Waals surface area contributed by atoms with Crippen LogP contribution >= 0.6 is 0 Å². The fourth-order valence-electron chi connectivity index (χ4n) is 3.82. The van der Waals surface area contributed by atoms with Gasteiger partial charge in [0.25, 0.3) is 5.91 Å². The van der Waals surface area contributed by atoms with Gasteiger partial charge in [0.05, 0.1) is 4.90 Å².